The number of fused-ring (bicyclic) bond motifs is 10. The van der Waals surface area contributed by atoms with E-state index in [-0.39, 0.29) is 88.5 Å². The third-order valence-corrected chi connectivity index (χ3v) is 29.1. The van der Waals surface area contributed by atoms with Crippen molar-refractivity contribution < 1.29 is 39.9 Å². The molecule has 2 aliphatic heterocycles. The molecular weight excluding hydrogens is 1090 g/mol. The lowest BCUT2D eigenvalue weighted by atomic mass is 9.27. The first-order valence-corrected chi connectivity index (χ1v) is 35.1. The van der Waals surface area contributed by atoms with Gasteiger partial charge in [-0.05, 0) is 250 Å². The molecule has 14 bridgehead atoms. The SMILES string of the molecule is CNCc1cc(O)cc([C@]23CC[C@@]45C[C@@]67[C@@H]8C[C@H](C=C[C@@H]8O)[C@@H]8[C@@H]9[C@@H](C=C[C@H]([C@@H](O)[C@H]%10O[C@]%10(C)[C@@H]%10CCC[C@H]%10c%10cc(N)cc(CC(C)C)c%10)[C@@H]9C9=C(CC[C@@H]6[C@]6(C)[C@H]2C=CC[C@](CCCC[C@](C)(O)CN4)(C3=O)[C@H]56)[C@]7(C)CC9=O)[C@@H]2C[C@H]8C=C[C@@H]2O)c1. The first-order chi connectivity index (χ1) is 42.0. The molecule has 472 valence electrons. The summed E-state index contributed by atoms with van der Waals surface area (Å²) in [6.07, 6.45) is 28.7. The minimum Gasteiger partial charge on any atom is -0.508 e. The second kappa shape index (κ2) is 19.9. The zero-order valence-corrected chi connectivity index (χ0v) is 53.5. The van der Waals surface area contributed by atoms with Crippen LogP contribution in [0.4, 0.5) is 5.69 Å². The number of epoxide rings is 1. The standard InChI is InChI=1S/C77H101N3O8/c1-41(2)28-42-29-46(33-48(78)31-42)50-12-10-13-54(50)73(6)67(88-73)66(85)52-18-17-51-53-34-44(15-20-57(53)82)62-45-16-21-58(83)56(35-45)77-39-75-26-27-76(47-30-43(38-79-7)32-49(81)36-47)60-14-11-25-74(69(76)86,24-9-8-23-70(3,87)40-80-75)68(75)72(60,5)61(77)22-19-55-65(64(52)63(51)62)59(84)37-71(55,77)4/h11,14-18,20-21,29-33,36,41,44-45,50-54,56-58,60-64,66-68,79-83,85,87H,8-10,12-13,19,22-28,34-35,37-40,78H2,1-7H3/t44-,45+,50+,51+,52+,53+,54-,56-,57+,58+,60-,61-,62-,63+,64+,66-,67-,68-,70+,71+,72+,73-,74+,75+,76-,77-/m1/s1. The molecule has 2 aromatic carbocycles. The molecule has 7 saturated carbocycles. The fourth-order valence-corrected chi connectivity index (χ4v) is 26.5. The van der Waals surface area contributed by atoms with Crippen LogP contribution in [0.3, 0.4) is 0 Å². The van der Waals surface area contributed by atoms with Crippen LogP contribution in [0.25, 0.3) is 0 Å². The summed E-state index contributed by atoms with van der Waals surface area (Å²) in [4.78, 5) is 33.8. The molecule has 0 unspecified atom stereocenters. The highest BCUT2D eigenvalue weighted by Gasteiger charge is 2.84. The van der Waals surface area contributed by atoms with Gasteiger partial charge in [-0.15, -0.1) is 0 Å². The van der Waals surface area contributed by atoms with Crippen LogP contribution in [-0.2, 0) is 32.7 Å². The lowest BCUT2D eigenvalue weighted by Crippen LogP contribution is -2.79. The molecular formula is C77H101N3O8. The average molecular weight is 1200 g/mol. The number of nitrogen functional groups attached to an aromatic ring is 1. The first-order valence-electron chi connectivity index (χ1n) is 35.1. The summed E-state index contributed by atoms with van der Waals surface area (Å²) < 4.78 is 7.11. The normalized spacial score (nSPS) is 50.2. The predicted molar refractivity (Wildman–Crippen MR) is 341 cm³/mol. The van der Waals surface area contributed by atoms with Crippen LogP contribution in [0.2, 0.25) is 0 Å². The van der Waals surface area contributed by atoms with Gasteiger partial charge in [0.1, 0.15) is 11.9 Å². The van der Waals surface area contributed by atoms with Gasteiger partial charge in [0.15, 0.2) is 11.6 Å². The molecule has 0 aromatic heterocycles. The van der Waals surface area contributed by atoms with Crippen molar-refractivity contribution in [2.45, 2.75) is 210 Å². The second-order valence-electron chi connectivity index (χ2n) is 33.6. The number of aliphatic hydroxyl groups is 4. The van der Waals surface area contributed by atoms with Gasteiger partial charge in [-0.2, -0.15) is 0 Å². The van der Waals surface area contributed by atoms with E-state index in [0.29, 0.717) is 76.2 Å². The van der Waals surface area contributed by atoms with Crippen LogP contribution in [0.1, 0.15) is 172 Å². The molecule has 0 amide bonds. The zero-order chi connectivity index (χ0) is 61.2. The minimum absolute atomic E-state index is 0.0204. The summed E-state index contributed by atoms with van der Waals surface area (Å²) in [5.41, 5.74) is 8.12. The van der Waals surface area contributed by atoms with Crippen molar-refractivity contribution in [1.82, 2.24) is 10.6 Å². The third kappa shape index (κ3) is 7.79. The molecule has 2 heterocycles. The lowest BCUT2D eigenvalue weighted by molar-refractivity contribution is -0.261. The Kier molecular flexibility index (Phi) is 13.3. The summed E-state index contributed by atoms with van der Waals surface area (Å²) in [7, 11) is 1.93. The van der Waals surface area contributed by atoms with E-state index in [2.05, 4.69) is 118 Å². The van der Waals surface area contributed by atoms with E-state index in [1.54, 1.807) is 0 Å². The fraction of sp³-hybridized carbons (Fsp3) is 0.688. The Morgan fingerprint density at radius 3 is 2.40 bits per heavy atom. The molecule has 2 spiro atoms. The number of hydrogen-bond donors (Lipinski definition) is 8. The van der Waals surface area contributed by atoms with Gasteiger partial charge in [0, 0.05) is 47.5 Å². The van der Waals surface area contributed by atoms with E-state index in [1.165, 1.54) is 16.7 Å². The number of allylic oxidation sites excluding steroid dienone is 7. The molecule has 11 heteroatoms. The fourth-order valence-electron chi connectivity index (χ4n) is 26.5. The molecule has 11 nitrogen and oxygen atoms in total. The Labute approximate surface area is 523 Å². The van der Waals surface area contributed by atoms with Gasteiger partial charge in [0.2, 0.25) is 0 Å². The number of carbonyl (C=O) groups is 2. The number of carbonyl (C=O) groups excluding carboxylic acids is 2. The quantitative estimate of drug-likeness (QED) is 0.0676. The van der Waals surface area contributed by atoms with Crippen LogP contribution in [-0.4, -0.2) is 91.8 Å². The number of rotatable bonds is 9. The van der Waals surface area contributed by atoms with Crippen molar-refractivity contribution in [2.24, 2.45) is 105 Å². The van der Waals surface area contributed by atoms with Gasteiger partial charge >= 0.3 is 0 Å². The summed E-state index contributed by atoms with van der Waals surface area (Å²) in [6.45, 7) is 14.7. The monoisotopic (exact) mass is 1200 g/mol. The molecule has 9 fully saturated rings. The van der Waals surface area contributed by atoms with E-state index in [1.807, 2.05) is 26.1 Å². The molecule has 16 aliphatic rings. The maximum absolute atomic E-state index is 17.1. The van der Waals surface area contributed by atoms with Gasteiger partial charge in [-0.1, -0.05) is 113 Å². The smallest absolute Gasteiger partial charge is 0.160 e. The second-order valence-corrected chi connectivity index (χ2v) is 33.6. The number of phenolic OH excluding ortho intramolecular Hbond substituents is 1. The minimum atomic E-state index is -1.01. The summed E-state index contributed by atoms with van der Waals surface area (Å²) in [6, 6.07) is 12.7. The number of nitrogens with one attached hydrogen (secondary N) is 2. The zero-order valence-electron chi connectivity index (χ0n) is 53.5. The number of hydrogen-bond acceptors (Lipinski definition) is 11. The molecule has 2 aromatic rings. The summed E-state index contributed by atoms with van der Waals surface area (Å²) in [5, 5.41) is 71.5. The summed E-state index contributed by atoms with van der Waals surface area (Å²) in [5.74, 6) is 0.390. The number of ketones is 2. The van der Waals surface area contributed by atoms with Gasteiger partial charge in [-0.3, -0.25) is 9.59 Å². The number of ether oxygens (including phenoxy) is 1. The van der Waals surface area contributed by atoms with Crippen molar-refractivity contribution >= 4 is 17.3 Å². The van der Waals surface area contributed by atoms with Gasteiger partial charge in [-0.25, -0.2) is 0 Å². The molecule has 14 aliphatic carbocycles. The molecule has 88 heavy (non-hydrogen) atoms. The highest BCUT2D eigenvalue weighted by atomic mass is 16.6. The molecule has 2 saturated heterocycles. The van der Waals surface area contributed by atoms with Crippen LogP contribution in [0.5, 0.6) is 5.75 Å². The number of anilines is 1. The number of nitrogens with two attached hydrogens (primary N) is 1. The predicted octanol–water partition coefficient (Wildman–Crippen LogP) is 11.3. The van der Waals surface area contributed by atoms with Gasteiger partial charge in [0.05, 0.1) is 34.9 Å². The van der Waals surface area contributed by atoms with Crippen molar-refractivity contribution in [3.8, 4) is 5.75 Å². The summed E-state index contributed by atoms with van der Waals surface area (Å²) >= 11 is 0. The van der Waals surface area contributed by atoms with Crippen molar-refractivity contribution in [2.75, 3.05) is 19.3 Å². The first kappa shape index (κ1) is 58.9. The van der Waals surface area contributed by atoms with Crippen molar-refractivity contribution in [1.29, 1.82) is 0 Å². The number of Topliss-reactive ketones (excluding diaryl/α,β-unsaturated/α-hetero) is 2. The van der Waals surface area contributed by atoms with E-state index >= 15 is 9.59 Å². The van der Waals surface area contributed by atoms with Gasteiger partial charge in [0.25, 0.3) is 0 Å². The van der Waals surface area contributed by atoms with Crippen LogP contribution in [0.15, 0.2) is 96.2 Å². The van der Waals surface area contributed by atoms with E-state index in [4.69, 9.17) is 10.5 Å². The molecule has 26 atom stereocenters. The van der Waals surface area contributed by atoms with Crippen LogP contribution >= 0.6 is 0 Å². The highest BCUT2D eigenvalue weighted by Crippen LogP contribution is 2.85. The Balaban J connectivity index is 0.891. The Morgan fingerprint density at radius 2 is 1.60 bits per heavy atom. The number of benzene rings is 2. The number of phenols is 1. The largest absolute Gasteiger partial charge is 0.508 e. The Bertz CT molecular complexity index is 3400. The molecule has 18 rings (SSSR count). The average Bonchev–Trinajstić information content (AvgIpc) is 1.28. The topological polar surface area (TPSA) is 198 Å². The van der Waals surface area contributed by atoms with Crippen LogP contribution < -0.4 is 16.4 Å². The van der Waals surface area contributed by atoms with Crippen molar-refractivity contribution in [3.63, 3.8) is 0 Å². The van der Waals surface area contributed by atoms with Crippen LogP contribution in [0, 0.1) is 105 Å². The molecule has 0 radical (unpaired) electrons. The number of aromatic hydroxyl groups is 1. The number of aliphatic hydroxyl groups excluding tert-OH is 3. The third-order valence-electron chi connectivity index (χ3n) is 29.1. The maximum Gasteiger partial charge on any atom is 0.160 e. The van der Waals surface area contributed by atoms with E-state index in [9.17, 15) is 25.5 Å². The maximum atomic E-state index is 17.1. The van der Waals surface area contributed by atoms with E-state index < -0.39 is 74.1 Å². The Hall–Kier alpha value is -4.20. The number of β-amino-alcohol motifs (C(OH)–C–C–N with tert-alkyl or cyclic N) is 1. The lowest BCUT2D eigenvalue weighted by Gasteiger charge is -2.77. The Morgan fingerprint density at radius 1 is 0.818 bits per heavy atom. The molecule has 9 N–H and O–H groups in total. The van der Waals surface area contributed by atoms with E-state index in [0.717, 1.165) is 80.2 Å². The van der Waals surface area contributed by atoms with Gasteiger partial charge < -0.3 is 46.6 Å². The highest BCUT2D eigenvalue weighted by molar-refractivity contribution is 6.01. The van der Waals surface area contributed by atoms with Crippen molar-refractivity contribution in [3.05, 3.63) is 118 Å².